The number of aromatic nitrogens is 1. The molecule has 0 atom stereocenters. The second-order valence-electron chi connectivity index (χ2n) is 8.77. The van der Waals surface area contributed by atoms with Crippen LogP contribution in [0.15, 0.2) is 109 Å². The van der Waals surface area contributed by atoms with Crippen molar-refractivity contribution in [2.75, 3.05) is 9.80 Å². The Morgan fingerprint density at radius 1 is 0.595 bits per heavy atom. The number of carbonyl (C=O) groups excluding carboxylic acids is 4. The Kier molecular flexibility index (Phi) is 5.12. The number of carbonyl (C=O) groups is 4. The summed E-state index contributed by atoms with van der Waals surface area (Å²) in [4.78, 5) is 61.8. The Balaban J connectivity index is 1.62. The molecule has 0 saturated carbocycles. The van der Waals surface area contributed by atoms with Gasteiger partial charge in [0.15, 0.2) is 0 Å². The second kappa shape index (κ2) is 8.49. The summed E-state index contributed by atoms with van der Waals surface area (Å²) in [5.41, 5.74) is 2.59. The van der Waals surface area contributed by atoms with Gasteiger partial charge in [0.25, 0.3) is 11.8 Å². The van der Waals surface area contributed by atoms with Gasteiger partial charge in [-0.05, 0) is 55.5 Å². The highest BCUT2D eigenvalue weighted by molar-refractivity contribution is 6.35. The van der Waals surface area contributed by atoms with Gasteiger partial charge in [-0.2, -0.15) is 0 Å². The minimum absolute atomic E-state index is 0.143. The molecule has 2 amide bonds. The lowest BCUT2D eigenvalue weighted by molar-refractivity contribution is 0.0953. The topological polar surface area (TPSA) is 87.7 Å². The van der Waals surface area contributed by atoms with E-state index in [1.54, 1.807) is 72.8 Å². The molecule has 0 radical (unpaired) electrons. The number of benzene rings is 3. The van der Waals surface area contributed by atoms with Crippen molar-refractivity contribution in [2.24, 2.45) is 0 Å². The monoisotopic (exact) mass is 485 g/mol. The third kappa shape index (κ3) is 3.40. The van der Waals surface area contributed by atoms with Crippen LogP contribution in [0.3, 0.4) is 0 Å². The smallest absolute Gasteiger partial charge is 0.263 e. The number of aryl methyl sites for hydroxylation is 1. The van der Waals surface area contributed by atoms with E-state index < -0.39 is 23.4 Å². The Morgan fingerprint density at radius 3 is 1.51 bits per heavy atom. The summed E-state index contributed by atoms with van der Waals surface area (Å²) >= 11 is 0. The Labute approximate surface area is 212 Å². The van der Waals surface area contributed by atoms with Crippen molar-refractivity contribution >= 4 is 34.8 Å². The van der Waals surface area contributed by atoms with Crippen LogP contribution in [0.4, 0.5) is 11.4 Å². The number of amides is 2. The summed E-state index contributed by atoms with van der Waals surface area (Å²) in [5, 5.41) is 0. The van der Waals surface area contributed by atoms with E-state index in [4.69, 9.17) is 0 Å². The first-order chi connectivity index (χ1) is 18.0. The molecule has 3 aromatic carbocycles. The number of fused-ring (bicyclic) bond motifs is 2. The summed E-state index contributed by atoms with van der Waals surface area (Å²) in [6, 6.07) is 23.4. The van der Waals surface area contributed by atoms with Crippen LogP contribution in [0.1, 0.15) is 47.0 Å². The summed E-state index contributed by atoms with van der Waals surface area (Å²) in [7, 11) is 0. The van der Waals surface area contributed by atoms with Crippen LogP contribution in [-0.4, -0.2) is 28.4 Å². The number of rotatable bonds is 2. The first kappa shape index (κ1) is 22.3. The number of nitrogens with zero attached hydrogens (tertiary/aromatic N) is 3. The zero-order valence-electron chi connectivity index (χ0n) is 19.7. The zero-order chi connectivity index (χ0) is 25.7. The summed E-state index contributed by atoms with van der Waals surface area (Å²) < 4.78 is 0. The molecule has 0 N–H and O–H groups in total. The van der Waals surface area contributed by atoms with Crippen LogP contribution in [0.5, 0.6) is 0 Å². The van der Waals surface area contributed by atoms with Crippen molar-refractivity contribution in [3.05, 3.63) is 137 Å². The van der Waals surface area contributed by atoms with E-state index in [0.717, 1.165) is 5.56 Å². The third-order valence-electron chi connectivity index (χ3n) is 6.51. The molecule has 0 aliphatic carbocycles. The lowest BCUT2D eigenvalue weighted by atomic mass is 10.1. The number of hydrogen-bond donors (Lipinski definition) is 0. The van der Waals surface area contributed by atoms with E-state index in [1.165, 1.54) is 34.3 Å². The van der Waals surface area contributed by atoms with E-state index in [-0.39, 0.29) is 28.1 Å². The van der Waals surface area contributed by atoms with Gasteiger partial charge in [0.2, 0.25) is 11.6 Å². The second-order valence-corrected chi connectivity index (χ2v) is 8.77. The summed E-state index contributed by atoms with van der Waals surface area (Å²) in [5.74, 6) is -1.98. The van der Waals surface area contributed by atoms with E-state index in [2.05, 4.69) is 4.98 Å². The van der Waals surface area contributed by atoms with Crippen LogP contribution in [-0.2, 0) is 0 Å². The molecule has 4 aromatic rings. The highest BCUT2D eigenvalue weighted by Gasteiger charge is 2.46. The number of pyridine rings is 1. The maximum Gasteiger partial charge on any atom is 0.263 e. The molecule has 37 heavy (non-hydrogen) atoms. The first-order valence-corrected chi connectivity index (χ1v) is 11.6. The molecule has 0 saturated heterocycles. The fourth-order valence-corrected chi connectivity index (χ4v) is 4.72. The maximum absolute atomic E-state index is 13.9. The lowest BCUT2D eigenvalue weighted by Crippen LogP contribution is -2.36. The molecule has 6 rings (SSSR count). The standard InChI is InChI=1S/C30H19N3O4/c1-18-10-12-19(13-11-18)29(36)32-23-8-4-2-6-21(23)27(34)25(32)26-28(35)22-7-3-5-9-24(22)33(26)30(37)20-14-16-31-17-15-20/h2-17H,1H3/b26-25+. The molecular formula is C30H19N3O4. The van der Waals surface area contributed by atoms with Crippen molar-refractivity contribution in [1.29, 1.82) is 0 Å². The molecule has 7 heteroatoms. The minimum Gasteiger partial charge on any atom is -0.287 e. The van der Waals surface area contributed by atoms with Crippen LogP contribution in [0, 0.1) is 6.92 Å². The minimum atomic E-state index is -0.505. The van der Waals surface area contributed by atoms with Crippen LogP contribution in [0.25, 0.3) is 0 Å². The molecule has 0 spiro atoms. The van der Waals surface area contributed by atoms with Crippen molar-refractivity contribution < 1.29 is 19.2 Å². The molecule has 2 aliphatic rings. The Bertz CT molecular complexity index is 1660. The molecule has 1 aromatic heterocycles. The van der Waals surface area contributed by atoms with Crippen LogP contribution in [0.2, 0.25) is 0 Å². The molecule has 3 heterocycles. The van der Waals surface area contributed by atoms with E-state index in [1.807, 2.05) is 6.92 Å². The number of Topliss-reactive ketones (excluding diaryl/α,β-unsaturated/α-hetero) is 2. The van der Waals surface area contributed by atoms with Crippen LogP contribution >= 0.6 is 0 Å². The maximum atomic E-state index is 13.9. The molecule has 178 valence electrons. The molecule has 0 fully saturated rings. The number of para-hydroxylation sites is 2. The highest BCUT2D eigenvalue weighted by atomic mass is 16.2. The highest BCUT2D eigenvalue weighted by Crippen LogP contribution is 2.43. The normalized spacial score (nSPS) is 16.1. The number of allylic oxidation sites excluding steroid dienone is 2. The zero-order valence-corrected chi connectivity index (χ0v) is 19.7. The molecular weight excluding hydrogens is 466 g/mol. The van der Waals surface area contributed by atoms with Gasteiger partial charge in [-0.25, -0.2) is 0 Å². The molecule has 2 aliphatic heterocycles. The average Bonchev–Trinajstić information content (AvgIpc) is 3.39. The van der Waals surface area contributed by atoms with Crippen molar-refractivity contribution in [3.63, 3.8) is 0 Å². The van der Waals surface area contributed by atoms with Gasteiger partial charge in [-0.3, -0.25) is 34.0 Å². The predicted molar refractivity (Wildman–Crippen MR) is 138 cm³/mol. The molecule has 0 bridgehead atoms. The van der Waals surface area contributed by atoms with Crippen molar-refractivity contribution in [1.82, 2.24) is 4.98 Å². The van der Waals surface area contributed by atoms with E-state index in [9.17, 15) is 19.2 Å². The van der Waals surface area contributed by atoms with E-state index >= 15 is 0 Å². The average molecular weight is 485 g/mol. The number of ketones is 2. The number of hydrogen-bond acceptors (Lipinski definition) is 5. The Hall–Kier alpha value is -5.17. The van der Waals surface area contributed by atoms with Gasteiger partial charge in [-0.15, -0.1) is 0 Å². The van der Waals surface area contributed by atoms with Gasteiger partial charge in [0, 0.05) is 34.6 Å². The first-order valence-electron chi connectivity index (χ1n) is 11.6. The molecule has 0 unspecified atom stereocenters. The van der Waals surface area contributed by atoms with Crippen LogP contribution < -0.4 is 9.80 Å². The Morgan fingerprint density at radius 2 is 1.03 bits per heavy atom. The summed E-state index contributed by atoms with van der Waals surface area (Å²) in [6.07, 6.45) is 2.96. The van der Waals surface area contributed by atoms with Gasteiger partial charge in [0.1, 0.15) is 11.4 Å². The third-order valence-corrected chi connectivity index (χ3v) is 6.51. The SMILES string of the molecule is Cc1ccc(C(=O)N2/C(=C3\C(=O)c4ccccc4N3C(=O)c3ccncc3)C(=O)c3ccccc32)cc1. The lowest BCUT2D eigenvalue weighted by Gasteiger charge is -2.24. The van der Waals surface area contributed by atoms with Crippen molar-refractivity contribution in [3.8, 4) is 0 Å². The largest absolute Gasteiger partial charge is 0.287 e. The fraction of sp³-hybridized carbons (Fsp3) is 0.0333. The van der Waals surface area contributed by atoms with Gasteiger partial charge >= 0.3 is 0 Å². The number of anilines is 2. The van der Waals surface area contributed by atoms with Gasteiger partial charge in [-0.1, -0.05) is 42.0 Å². The quantitative estimate of drug-likeness (QED) is 0.374. The molecule has 7 nitrogen and oxygen atoms in total. The van der Waals surface area contributed by atoms with Gasteiger partial charge in [0.05, 0.1) is 11.4 Å². The predicted octanol–water partition coefficient (Wildman–Crippen LogP) is 4.99. The summed E-state index contributed by atoms with van der Waals surface area (Å²) in [6.45, 7) is 1.91. The fourth-order valence-electron chi connectivity index (χ4n) is 4.72. The van der Waals surface area contributed by atoms with Crippen molar-refractivity contribution in [2.45, 2.75) is 6.92 Å². The van der Waals surface area contributed by atoms with Gasteiger partial charge < -0.3 is 0 Å². The van der Waals surface area contributed by atoms with E-state index in [0.29, 0.717) is 16.9 Å².